The van der Waals surface area contributed by atoms with Crippen molar-refractivity contribution in [3.8, 4) is 5.75 Å². The van der Waals surface area contributed by atoms with Crippen LogP contribution in [0.4, 0.5) is 0 Å². The Morgan fingerprint density at radius 3 is 2.59 bits per heavy atom. The molecule has 0 aliphatic rings. The number of amides is 1. The summed E-state index contributed by atoms with van der Waals surface area (Å²) in [4.78, 5) is 14.3. The van der Waals surface area contributed by atoms with Gasteiger partial charge in [-0.1, -0.05) is 35.9 Å². The van der Waals surface area contributed by atoms with Crippen molar-refractivity contribution < 1.29 is 9.90 Å². The Morgan fingerprint density at radius 2 is 1.91 bits per heavy atom. The van der Waals surface area contributed by atoms with E-state index in [4.69, 9.17) is 0 Å². The number of likely N-dealkylation sites (N-methyl/N-ethyl adjacent to an activating group) is 1. The highest BCUT2D eigenvalue weighted by atomic mass is 16.3. The van der Waals surface area contributed by atoms with Gasteiger partial charge in [-0.05, 0) is 49.6 Å². The van der Waals surface area contributed by atoms with E-state index in [2.05, 4.69) is 18.2 Å². The van der Waals surface area contributed by atoms with Crippen LogP contribution in [-0.4, -0.2) is 23.0 Å². The zero-order valence-electron chi connectivity index (χ0n) is 13.6. The second-order valence-electron chi connectivity index (χ2n) is 5.88. The third-order valence-electron chi connectivity index (χ3n) is 4.17. The fourth-order valence-corrected chi connectivity index (χ4v) is 2.50. The van der Waals surface area contributed by atoms with E-state index in [0.29, 0.717) is 6.42 Å². The summed E-state index contributed by atoms with van der Waals surface area (Å²) in [6.45, 7) is 6.03. The molecule has 0 fully saturated rings. The van der Waals surface area contributed by atoms with Gasteiger partial charge in [-0.25, -0.2) is 0 Å². The molecule has 0 heterocycles. The molecule has 0 radical (unpaired) electrons. The number of nitrogens with zero attached hydrogens (tertiary/aromatic N) is 1. The number of hydrogen-bond acceptors (Lipinski definition) is 2. The molecule has 0 saturated carbocycles. The molecule has 3 heteroatoms. The molecule has 2 aromatic rings. The van der Waals surface area contributed by atoms with E-state index in [9.17, 15) is 9.90 Å². The van der Waals surface area contributed by atoms with Crippen molar-refractivity contribution >= 4 is 5.91 Å². The second kappa shape index (κ2) is 6.65. The summed E-state index contributed by atoms with van der Waals surface area (Å²) in [6.07, 6.45) is 0.396. The molecular weight excluding hydrogens is 274 g/mol. The van der Waals surface area contributed by atoms with Crippen molar-refractivity contribution in [1.29, 1.82) is 0 Å². The molecule has 1 amide bonds. The van der Waals surface area contributed by atoms with Crippen LogP contribution in [0.3, 0.4) is 0 Å². The first-order valence-electron chi connectivity index (χ1n) is 7.49. The van der Waals surface area contributed by atoms with Crippen LogP contribution in [0.1, 0.15) is 35.2 Å². The van der Waals surface area contributed by atoms with Gasteiger partial charge in [0.25, 0.3) is 0 Å². The number of carbonyl (C=O) groups excluding carboxylic acids is 1. The highest BCUT2D eigenvalue weighted by molar-refractivity contribution is 5.79. The predicted molar refractivity (Wildman–Crippen MR) is 88.9 cm³/mol. The summed E-state index contributed by atoms with van der Waals surface area (Å²) >= 11 is 0. The lowest BCUT2D eigenvalue weighted by atomic mass is 10.0. The Bertz CT molecular complexity index is 679. The van der Waals surface area contributed by atoms with Gasteiger partial charge in [0.2, 0.25) is 5.91 Å². The van der Waals surface area contributed by atoms with Crippen molar-refractivity contribution in [2.75, 3.05) is 7.05 Å². The average Bonchev–Trinajstić information content (AvgIpc) is 2.49. The predicted octanol–water partition coefficient (Wildman–Crippen LogP) is 3.77. The summed E-state index contributed by atoms with van der Waals surface area (Å²) < 4.78 is 0. The normalized spacial score (nSPS) is 12.0. The lowest BCUT2D eigenvalue weighted by Crippen LogP contribution is -2.31. The Kier molecular flexibility index (Phi) is 4.86. The number of phenols is 1. The van der Waals surface area contributed by atoms with Gasteiger partial charge in [0.15, 0.2) is 0 Å². The van der Waals surface area contributed by atoms with Crippen molar-refractivity contribution in [1.82, 2.24) is 4.90 Å². The third-order valence-corrected chi connectivity index (χ3v) is 4.17. The molecule has 1 N–H and O–H groups in total. The van der Waals surface area contributed by atoms with Crippen LogP contribution in [0.5, 0.6) is 5.75 Å². The molecule has 1 atom stereocenters. The van der Waals surface area contributed by atoms with Crippen LogP contribution >= 0.6 is 0 Å². The molecule has 0 bridgehead atoms. The molecule has 2 aromatic carbocycles. The highest BCUT2D eigenvalue weighted by Gasteiger charge is 2.18. The van der Waals surface area contributed by atoms with E-state index in [0.717, 1.165) is 22.3 Å². The molecule has 0 aliphatic heterocycles. The van der Waals surface area contributed by atoms with Gasteiger partial charge >= 0.3 is 0 Å². The Labute approximate surface area is 132 Å². The fourth-order valence-electron chi connectivity index (χ4n) is 2.50. The fraction of sp³-hybridized carbons (Fsp3) is 0.316. The van der Waals surface area contributed by atoms with E-state index in [1.165, 1.54) is 0 Å². The van der Waals surface area contributed by atoms with Crippen LogP contribution in [-0.2, 0) is 11.2 Å². The van der Waals surface area contributed by atoms with E-state index < -0.39 is 0 Å². The van der Waals surface area contributed by atoms with E-state index >= 15 is 0 Å². The Hall–Kier alpha value is -2.29. The van der Waals surface area contributed by atoms with E-state index in [1.807, 2.05) is 33.9 Å². The minimum atomic E-state index is -0.0790. The van der Waals surface area contributed by atoms with Gasteiger partial charge in [-0.15, -0.1) is 0 Å². The quantitative estimate of drug-likeness (QED) is 0.933. The van der Waals surface area contributed by atoms with Crippen LogP contribution in [0.15, 0.2) is 42.5 Å². The minimum Gasteiger partial charge on any atom is -0.508 e. The van der Waals surface area contributed by atoms with Gasteiger partial charge in [-0.3, -0.25) is 4.79 Å². The number of aromatic hydroxyl groups is 1. The van der Waals surface area contributed by atoms with Gasteiger partial charge in [0, 0.05) is 7.05 Å². The number of rotatable bonds is 4. The van der Waals surface area contributed by atoms with Gasteiger partial charge < -0.3 is 10.0 Å². The summed E-state index contributed by atoms with van der Waals surface area (Å²) in [5.74, 6) is 0.296. The monoisotopic (exact) mass is 297 g/mol. The largest absolute Gasteiger partial charge is 0.508 e. The second-order valence-corrected chi connectivity index (χ2v) is 5.88. The Balaban J connectivity index is 2.13. The van der Waals surface area contributed by atoms with E-state index in [1.54, 1.807) is 23.1 Å². The minimum absolute atomic E-state index is 0.0737. The van der Waals surface area contributed by atoms with Crippen molar-refractivity contribution in [2.24, 2.45) is 0 Å². The summed E-state index contributed by atoms with van der Waals surface area (Å²) in [5, 5.41) is 9.58. The van der Waals surface area contributed by atoms with Gasteiger partial charge in [-0.2, -0.15) is 0 Å². The molecule has 0 aromatic heterocycles. The lowest BCUT2D eigenvalue weighted by molar-refractivity contribution is -0.131. The zero-order valence-corrected chi connectivity index (χ0v) is 13.6. The molecule has 3 nitrogen and oxygen atoms in total. The lowest BCUT2D eigenvalue weighted by Gasteiger charge is -2.26. The van der Waals surface area contributed by atoms with Crippen molar-refractivity contribution in [3.63, 3.8) is 0 Å². The van der Waals surface area contributed by atoms with Gasteiger partial charge in [0.1, 0.15) is 5.75 Å². The zero-order chi connectivity index (χ0) is 16.3. The van der Waals surface area contributed by atoms with Crippen LogP contribution in [0.2, 0.25) is 0 Å². The SMILES string of the molecule is Cc1ccc(C)c(CC(=O)N(C)[C@@H](C)c2cccc(O)c2)c1. The topological polar surface area (TPSA) is 40.5 Å². The summed E-state index contributed by atoms with van der Waals surface area (Å²) in [7, 11) is 1.81. The summed E-state index contributed by atoms with van der Waals surface area (Å²) in [6, 6.07) is 13.2. The molecule has 0 saturated heterocycles. The number of benzene rings is 2. The van der Waals surface area contributed by atoms with Crippen LogP contribution < -0.4 is 0 Å². The molecule has 22 heavy (non-hydrogen) atoms. The van der Waals surface area contributed by atoms with E-state index in [-0.39, 0.29) is 17.7 Å². The first-order valence-corrected chi connectivity index (χ1v) is 7.49. The number of hydrogen-bond donors (Lipinski definition) is 1. The van der Waals surface area contributed by atoms with Crippen LogP contribution in [0, 0.1) is 13.8 Å². The van der Waals surface area contributed by atoms with Crippen molar-refractivity contribution in [3.05, 3.63) is 64.7 Å². The number of phenolic OH excluding ortho intramolecular Hbond substituents is 1. The van der Waals surface area contributed by atoms with Crippen LogP contribution in [0.25, 0.3) is 0 Å². The molecule has 0 unspecified atom stereocenters. The average molecular weight is 297 g/mol. The number of carbonyl (C=O) groups is 1. The molecule has 116 valence electrons. The third kappa shape index (κ3) is 3.67. The number of aryl methyl sites for hydroxylation is 2. The molecule has 2 rings (SSSR count). The summed E-state index contributed by atoms with van der Waals surface area (Å²) in [5.41, 5.74) is 4.30. The first-order chi connectivity index (χ1) is 10.4. The Morgan fingerprint density at radius 1 is 1.18 bits per heavy atom. The molecule has 0 aliphatic carbocycles. The first kappa shape index (κ1) is 16.1. The molecular formula is C19H23NO2. The standard InChI is InChI=1S/C19H23NO2/c1-13-8-9-14(2)17(10-13)12-19(22)20(4)15(3)16-6-5-7-18(21)11-16/h5-11,15,21H,12H2,1-4H3/t15-/m0/s1. The maximum absolute atomic E-state index is 12.5. The smallest absolute Gasteiger partial charge is 0.227 e. The molecule has 0 spiro atoms. The van der Waals surface area contributed by atoms with Gasteiger partial charge in [0.05, 0.1) is 12.5 Å². The maximum atomic E-state index is 12.5. The highest BCUT2D eigenvalue weighted by Crippen LogP contribution is 2.23. The van der Waals surface area contributed by atoms with Crippen molar-refractivity contribution in [2.45, 2.75) is 33.2 Å². The maximum Gasteiger partial charge on any atom is 0.227 e.